The fraction of sp³-hybridized carbons (Fsp3) is 0.0625. The Morgan fingerprint density at radius 1 is 0.857 bits per heavy atom. The Morgan fingerprint density at radius 2 is 1.57 bits per heavy atom. The smallest absolute Gasteiger partial charge is 0.256 e. The summed E-state index contributed by atoms with van der Waals surface area (Å²) in [7, 11) is 0. The first-order valence-corrected chi connectivity index (χ1v) is 6.57. The molecule has 0 radical (unpaired) electrons. The zero-order valence-electron chi connectivity index (χ0n) is 10.9. The summed E-state index contributed by atoms with van der Waals surface area (Å²) >= 11 is 4.08. The summed E-state index contributed by atoms with van der Waals surface area (Å²) in [5.41, 5.74) is -0.300. The molecule has 3 aromatic rings. The summed E-state index contributed by atoms with van der Waals surface area (Å²) < 4.78 is 36.9. The third-order valence-electron chi connectivity index (χ3n) is 2.69. The van der Waals surface area contributed by atoms with Crippen LogP contribution in [0.1, 0.15) is 5.56 Å². The maximum Gasteiger partial charge on any atom is 0.416 e. The highest BCUT2D eigenvalue weighted by Gasteiger charge is 2.30. The third kappa shape index (κ3) is 4.49. The highest BCUT2D eigenvalue weighted by molar-refractivity contribution is 7.80. The Balaban J connectivity index is 0.000000194. The first kappa shape index (κ1) is 15.4. The van der Waals surface area contributed by atoms with E-state index < -0.39 is 11.7 Å². The summed E-state index contributed by atoms with van der Waals surface area (Å²) in [4.78, 5) is 4.87. The van der Waals surface area contributed by atoms with Crippen molar-refractivity contribution in [3.05, 3.63) is 72.4 Å². The van der Waals surface area contributed by atoms with Crippen molar-refractivity contribution in [2.24, 2.45) is 0 Å². The van der Waals surface area contributed by atoms with Crippen molar-refractivity contribution in [1.82, 2.24) is 4.98 Å². The van der Waals surface area contributed by atoms with E-state index in [1.807, 2.05) is 30.3 Å². The molecular weight excluding hydrogens is 295 g/mol. The third-order valence-corrected chi connectivity index (χ3v) is 2.99. The van der Waals surface area contributed by atoms with Gasteiger partial charge < -0.3 is 0 Å². The zero-order chi connectivity index (χ0) is 15.3. The summed E-state index contributed by atoms with van der Waals surface area (Å²) in [6, 6.07) is 16.7. The van der Waals surface area contributed by atoms with E-state index in [1.165, 1.54) is 12.3 Å². The largest absolute Gasteiger partial charge is 0.416 e. The number of nitrogens with zero attached hydrogens (tertiary/aromatic N) is 1. The van der Waals surface area contributed by atoms with E-state index in [0.29, 0.717) is 10.9 Å². The molecule has 1 aromatic heterocycles. The van der Waals surface area contributed by atoms with Crippen LogP contribution in [-0.2, 0) is 6.18 Å². The lowest BCUT2D eigenvalue weighted by molar-refractivity contribution is -0.137. The molecule has 0 aliphatic rings. The molecule has 0 bridgehead atoms. The maximum atomic E-state index is 12.3. The van der Waals surface area contributed by atoms with Gasteiger partial charge in [0.05, 0.1) is 11.1 Å². The van der Waals surface area contributed by atoms with E-state index in [-0.39, 0.29) is 0 Å². The second-order valence-corrected chi connectivity index (χ2v) is 4.76. The van der Waals surface area contributed by atoms with Crippen molar-refractivity contribution < 1.29 is 13.2 Å². The topological polar surface area (TPSA) is 12.9 Å². The molecule has 2 aromatic carbocycles. The molecule has 21 heavy (non-hydrogen) atoms. The van der Waals surface area contributed by atoms with Crippen LogP contribution in [-0.4, -0.2) is 4.98 Å². The van der Waals surface area contributed by atoms with Gasteiger partial charge in [0.25, 0.3) is 0 Å². The average Bonchev–Trinajstić information content (AvgIpc) is 2.47. The number of hydrogen-bond acceptors (Lipinski definition) is 2. The summed E-state index contributed by atoms with van der Waals surface area (Å²) in [6.45, 7) is 0. The highest BCUT2D eigenvalue weighted by Crippen LogP contribution is 2.30. The molecule has 0 saturated carbocycles. The molecule has 3 rings (SSSR count). The van der Waals surface area contributed by atoms with Crippen molar-refractivity contribution >= 4 is 23.5 Å². The first-order valence-electron chi connectivity index (χ1n) is 6.13. The number of halogens is 3. The fourth-order valence-electron chi connectivity index (χ4n) is 1.67. The molecule has 1 heterocycles. The molecule has 0 spiro atoms. The van der Waals surface area contributed by atoms with Crippen molar-refractivity contribution in [2.45, 2.75) is 11.1 Å². The van der Waals surface area contributed by atoms with Gasteiger partial charge in [0.2, 0.25) is 0 Å². The lowest BCUT2D eigenvalue weighted by Crippen LogP contribution is -2.04. The minimum Gasteiger partial charge on any atom is -0.256 e. The van der Waals surface area contributed by atoms with Crippen LogP contribution in [0, 0.1) is 0 Å². The normalized spacial score (nSPS) is 10.9. The molecule has 0 saturated heterocycles. The van der Waals surface area contributed by atoms with Gasteiger partial charge in [-0.15, -0.1) is 12.6 Å². The number of pyridine rings is 1. The van der Waals surface area contributed by atoms with Crippen LogP contribution in [0.2, 0.25) is 0 Å². The maximum absolute atomic E-state index is 12.3. The quantitative estimate of drug-likeness (QED) is 0.561. The predicted molar refractivity (Wildman–Crippen MR) is 80.4 cm³/mol. The molecule has 0 aliphatic heterocycles. The Kier molecular flexibility index (Phi) is 4.85. The molecule has 5 heteroatoms. The molecule has 0 unspecified atom stereocenters. The van der Waals surface area contributed by atoms with Gasteiger partial charge in [-0.05, 0) is 30.3 Å². The van der Waals surface area contributed by atoms with E-state index in [2.05, 4.69) is 17.6 Å². The second-order valence-electron chi connectivity index (χ2n) is 4.24. The Morgan fingerprint density at radius 3 is 2.14 bits per heavy atom. The molecule has 0 atom stereocenters. The number of hydrogen-bond donors (Lipinski definition) is 1. The van der Waals surface area contributed by atoms with E-state index in [1.54, 1.807) is 12.1 Å². The van der Waals surface area contributed by atoms with Gasteiger partial charge >= 0.3 is 6.18 Å². The van der Waals surface area contributed by atoms with Crippen molar-refractivity contribution in [2.75, 3.05) is 0 Å². The fourth-order valence-corrected chi connectivity index (χ4v) is 1.84. The van der Waals surface area contributed by atoms with Gasteiger partial charge in [-0.1, -0.05) is 30.3 Å². The van der Waals surface area contributed by atoms with Gasteiger partial charge in [0.15, 0.2) is 0 Å². The van der Waals surface area contributed by atoms with Gasteiger partial charge in [0, 0.05) is 16.5 Å². The van der Waals surface area contributed by atoms with Crippen LogP contribution < -0.4 is 0 Å². The van der Waals surface area contributed by atoms with Crippen LogP contribution in [0.15, 0.2) is 71.8 Å². The second kappa shape index (κ2) is 6.63. The van der Waals surface area contributed by atoms with Crippen LogP contribution in [0.25, 0.3) is 10.9 Å². The summed E-state index contributed by atoms with van der Waals surface area (Å²) in [5.74, 6) is 0. The first-order chi connectivity index (χ1) is 9.97. The van der Waals surface area contributed by atoms with Gasteiger partial charge in [-0.2, -0.15) is 13.2 Å². The highest BCUT2D eigenvalue weighted by atomic mass is 32.1. The molecular formula is C16H12F3NS. The standard InChI is InChI=1S/C10H6F3N.C6H6S/c11-10(12,13)8-4-3-7-2-1-5-14-9(7)6-8;7-6-4-2-1-3-5-6/h1-6H;1-5,7H. The van der Waals surface area contributed by atoms with Crippen molar-refractivity contribution in [3.8, 4) is 0 Å². The average molecular weight is 307 g/mol. The Bertz CT molecular complexity index is 711. The van der Waals surface area contributed by atoms with E-state index in [0.717, 1.165) is 17.0 Å². The van der Waals surface area contributed by atoms with Crippen LogP contribution >= 0.6 is 12.6 Å². The number of alkyl halides is 3. The summed E-state index contributed by atoms with van der Waals surface area (Å²) in [5, 5.41) is 0.709. The van der Waals surface area contributed by atoms with Gasteiger partial charge in [0.1, 0.15) is 0 Å². The number of aromatic nitrogens is 1. The Hall–Kier alpha value is -2.01. The van der Waals surface area contributed by atoms with E-state index in [4.69, 9.17) is 0 Å². The predicted octanol–water partition coefficient (Wildman–Crippen LogP) is 5.23. The Labute approximate surface area is 125 Å². The van der Waals surface area contributed by atoms with Gasteiger partial charge in [-0.25, -0.2) is 0 Å². The lowest BCUT2D eigenvalue weighted by Gasteiger charge is -2.06. The molecule has 1 nitrogen and oxygen atoms in total. The molecule has 108 valence electrons. The molecule has 0 fully saturated rings. The van der Waals surface area contributed by atoms with E-state index in [9.17, 15) is 13.2 Å². The van der Waals surface area contributed by atoms with Gasteiger partial charge in [-0.3, -0.25) is 4.98 Å². The SMILES string of the molecule is FC(F)(F)c1ccc2cccnc2c1.Sc1ccccc1. The molecule has 0 N–H and O–H groups in total. The van der Waals surface area contributed by atoms with E-state index >= 15 is 0 Å². The molecule has 0 amide bonds. The van der Waals surface area contributed by atoms with Crippen molar-refractivity contribution in [1.29, 1.82) is 0 Å². The number of fused-ring (bicyclic) bond motifs is 1. The number of benzene rings is 2. The number of thiol groups is 1. The van der Waals surface area contributed by atoms with Crippen LogP contribution in [0.4, 0.5) is 13.2 Å². The molecule has 0 aliphatic carbocycles. The van der Waals surface area contributed by atoms with Crippen LogP contribution in [0.3, 0.4) is 0 Å². The minimum atomic E-state index is -4.30. The lowest BCUT2D eigenvalue weighted by atomic mass is 10.1. The summed E-state index contributed by atoms with van der Waals surface area (Å²) in [6.07, 6.45) is -2.83. The minimum absolute atomic E-state index is 0.363. The van der Waals surface area contributed by atoms with Crippen LogP contribution in [0.5, 0.6) is 0 Å². The zero-order valence-corrected chi connectivity index (χ0v) is 11.8. The number of rotatable bonds is 0. The van der Waals surface area contributed by atoms with Crippen molar-refractivity contribution in [3.63, 3.8) is 0 Å². The monoisotopic (exact) mass is 307 g/mol.